The Bertz CT molecular complexity index is 1130. The fourth-order valence-corrected chi connectivity index (χ4v) is 3.55. The summed E-state index contributed by atoms with van der Waals surface area (Å²) >= 11 is 0. The second kappa shape index (κ2) is 7.79. The molecule has 0 spiro atoms. The summed E-state index contributed by atoms with van der Waals surface area (Å²) in [6.07, 6.45) is 5.69. The Balaban J connectivity index is 2.38. The number of benzene rings is 1. The second-order valence-corrected chi connectivity index (χ2v) is 7.62. The molecule has 2 heterocycles. The van der Waals surface area contributed by atoms with Crippen LogP contribution in [0.3, 0.4) is 0 Å². The van der Waals surface area contributed by atoms with E-state index in [0.717, 1.165) is 22.2 Å². The molecule has 0 bridgehead atoms. The lowest BCUT2D eigenvalue weighted by Crippen LogP contribution is -2.20. The molecule has 2 N–H and O–H groups in total. The van der Waals surface area contributed by atoms with E-state index in [9.17, 15) is 9.90 Å². The zero-order valence-corrected chi connectivity index (χ0v) is 17.8. The summed E-state index contributed by atoms with van der Waals surface area (Å²) in [5, 5.41) is 11.4. The normalized spacial score (nSPS) is 12.1. The molecular formula is C23H28N2O4. The van der Waals surface area contributed by atoms with Crippen LogP contribution in [-0.4, -0.2) is 28.9 Å². The maximum Gasteiger partial charge on any atom is 0.275 e. The van der Waals surface area contributed by atoms with Crippen LogP contribution in [0.2, 0.25) is 0 Å². The lowest BCUT2D eigenvalue weighted by Gasteiger charge is -2.23. The molecule has 0 fully saturated rings. The molecule has 0 unspecified atom stereocenters. The predicted octanol–water partition coefficient (Wildman–Crippen LogP) is 4.13. The number of pyridine rings is 1. The van der Waals surface area contributed by atoms with Crippen LogP contribution in [0.25, 0.3) is 22.0 Å². The van der Waals surface area contributed by atoms with Crippen molar-refractivity contribution in [2.75, 3.05) is 14.2 Å². The molecule has 0 aliphatic carbocycles. The number of allylic oxidation sites excluding steroid dienone is 2. The fraction of sp³-hybridized carbons (Fsp3) is 0.348. The molecule has 0 saturated heterocycles. The number of aryl methyl sites for hydroxylation is 1. The second-order valence-electron chi connectivity index (χ2n) is 7.62. The molecule has 29 heavy (non-hydrogen) atoms. The van der Waals surface area contributed by atoms with Crippen LogP contribution in [0.15, 0.2) is 41.3 Å². The number of methoxy groups -OCH3 is 2. The first kappa shape index (κ1) is 20.7. The number of hydrogen-bond donors (Lipinski definition) is 2. The topological polar surface area (TPSA) is 76.5 Å². The average Bonchev–Trinajstić information content (AvgIpc) is 3.07. The highest BCUT2D eigenvalue weighted by atomic mass is 16.5. The molecule has 2 aromatic heterocycles. The van der Waals surface area contributed by atoms with E-state index in [1.807, 2.05) is 44.3 Å². The predicted molar refractivity (Wildman–Crippen MR) is 116 cm³/mol. The van der Waals surface area contributed by atoms with E-state index in [2.05, 4.69) is 4.98 Å². The van der Waals surface area contributed by atoms with Crippen LogP contribution in [0, 0.1) is 6.92 Å². The monoisotopic (exact) mass is 396 g/mol. The molecule has 3 aromatic rings. The van der Waals surface area contributed by atoms with Gasteiger partial charge in [-0.25, -0.2) is 0 Å². The van der Waals surface area contributed by atoms with E-state index >= 15 is 0 Å². The van der Waals surface area contributed by atoms with Crippen LogP contribution in [-0.2, 0) is 12.1 Å². The van der Waals surface area contributed by atoms with Crippen molar-refractivity contribution < 1.29 is 14.6 Å². The van der Waals surface area contributed by atoms with Gasteiger partial charge in [-0.2, -0.15) is 0 Å². The standard InChI is InChI=1S/C23H28N2O4/c1-7-8-9-25-13-17(16-10-14(2)24-21(16)22(25)26)15-11-20(29-6)18(23(3,4)27)12-19(15)28-5/h7-8,10-13,24,27H,9H2,1-6H3. The van der Waals surface area contributed by atoms with Crippen LogP contribution in [0.4, 0.5) is 0 Å². The van der Waals surface area contributed by atoms with Gasteiger partial charge >= 0.3 is 0 Å². The number of fused-ring (bicyclic) bond motifs is 1. The van der Waals surface area contributed by atoms with Gasteiger partial charge in [0.15, 0.2) is 0 Å². The van der Waals surface area contributed by atoms with Gasteiger partial charge in [0.25, 0.3) is 5.56 Å². The van der Waals surface area contributed by atoms with Crippen LogP contribution in [0.5, 0.6) is 11.5 Å². The molecular weight excluding hydrogens is 368 g/mol. The van der Waals surface area contributed by atoms with Crippen molar-refractivity contribution >= 4 is 10.9 Å². The molecule has 0 aliphatic rings. The van der Waals surface area contributed by atoms with Gasteiger partial charge in [-0.3, -0.25) is 4.79 Å². The van der Waals surface area contributed by atoms with E-state index in [4.69, 9.17) is 9.47 Å². The fourth-order valence-electron chi connectivity index (χ4n) is 3.55. The zero-order chi connectivity index (χ0) is 21.3. The summed E-state index contributed by atoms with van der Waals surface area (Å²) in [4.78, 5) is 16.1. The van der Waals surface area contributed by atoms with E-state index in [1.54, 1.807) is 38.7 Å². The van der Waals surface area contributed by atoms with Gasteiger partial charge in [-0.15, -0.1) is 0 Å². The highest BCUT2D eigenvalue weighted by Gasteiger charge is 2.25. The average molecular weight is 396 g/mol. The molecule has 0 atom stereocenters. The first-order chi connectivity index (χ1) is 13.7. The van der Waals surface area contributed by atoms with Gasteiger partial charge < -0.3 is 24.1 Å². The summed E-state index contributed by atoms with van der Waals surface area (Å²) in [5.41, 5.74) is 2.56. The van der Waals surface area contributed by atoms with Crippen molar-refractivity contribution in [3.05, 3.63) is 58.2 Å². The number of rotatable bonds is 6. The van der Waals surface area contributed by atoms with Crippen molar-refractivity contribution in [2.45, 2.75) is 39.8 Å². The molecule has 0 radical (unpaired) electrons. The minimum Gasteiger partial charge on any atom is -0.496 e. The van der Waals surface area contributed by atoms with Crippen molar-refractivity contribution in [2.24, 2.45) is 0 Å². The SMILES string of the molecule is CC=CCn1cc(-c2cc(OC)c(C(C)(C)O)cc2OC)c2cc(C)[nH]c2c1=O. The third kappa shape index (κ3) is 3.80. The summed E-state index contributed by atoms with van der Waals surface area (Å²) in [7, 11) is 3.17. The number of H-pyrrole nitrogens is 1. The molecule has 0 saturated carbocycles. The summed E-state index contributed by atoms with van der Waals surface area (Å²) < 4.78 is 12.9. The lowest BCUT2D eigenvalue weighted by atomic mass is 9.93. The number of hydrogen-bond acceptors (Lipinski definition) is 4. The van der Waals surface area contributed by atoms with Gasteiger partial charge in [0, 0.05) is 40.5 Å². The maximum absolute atomic E-state index is 12.9. The quantitative estimate of drug-likeness (QED) is 0.615. The number of aromatic nitrogens is 2. The molecule has 3 rings (SSSR count). The number of aliphatic hydroxyl groups is 1. The van der Waals surface area contributed by atoms with Crippen LogP contribution in [0.1, 0.15) is 32.0 Å². The van der Waals surface area contributed by atoms with Gasteiger partial charge in [0.1, 0.15) is 17.0 Å². The highest BCUT2D eigenvalue weighted by Crippen LogP contribution is 2.42. The Morgan fingerprint density at radius 3 is 2.41 bits per heavy atom. The van der Waals surface area contributed by atoms with E-state index in [0.29, 0.717) is 29.1 Å². The Labute approximate surface area is 170 Å². The Morgan fingerprint density at radius 2 is 1.83 bits per heavy atom. The molecule has 0 aliphatic heterocycles. The number of ether oxygens (including phenoxy) is 2. The van der Waals surface area contributed by atoms with Gasteiger partial charge in [-0.05, 0) is 45.9 Å². The largest absolute Gasteiger partial charge is 0.496 e. The third-order valence-corrected chi connectivity index (χ3v) is 5.01. The van der Waals surface area contributed by atoms with Gasteiger partial charge in [-0.1, -0.05) is 12.2 Å². The smallest absolute Gasteiger partial charge is 0.275 e. The third-order valence-electron chi connectivity index (χ3n) is 5.01. The molecule has 154 valence electrons. The Morgan fingerprint density at radius 1 is 1.14 bits per heavy atom. The number of nitrogens with one attached hydrogen (secondary N) is 1. The molecule has 6 nitrogen and oxygen atoms in total. The minimum absolute atomic E-state index is 0.0750. The summed E-state index contributed by atoms with van der Waals surface area (Å²) in [5.74, 6) is 1.15. The molecule has 6 heteroatoms. The van der Waals surface area contributed by atoms with E-state index < -0.39 is 5.60 Å². The Kier molecular flexibility index (Phi) is 5.57. The van der Waals surface area contributed by atoms with E-state index in [-0.39, 0.29) is 5.56 Å². The number of aromatic amines is 1. The summed E-state index contributed by atoms with van der Waals surface area (Å²) in [6.45, 7) is 7.72. The van der Waals surface area contributed by atoms with Crippen molar-refractivity contribution in [3.63, 3.8) is 0 Å². The molecule has 1 aromatic carbocycles. The highest BCUT2D eigenvalue weighted by molar-refractivity contribution is 5.96. The minimum atomic E-state index is -1.10. The van der Waals surface area contributed by atoms with Crippen molar-refractivity contribution in [1.29, 1.82) is 0 Å². The summed E-state index contributed by atoms with van der Waals surface area (Å²) in [6, 6.07) is 5.61. The maximum atomic E-state index is 12.9. The lowest BCUT2D eigenvalue weighted by molar-refractivity contribution is 0.0754. The molecule has 0 amide bonds. The van der Waals surface area contributed by atoms with E-state index in [1.165, 1.54) is 0 Å². The van der Waals surface area contributed by atoms with Crippen LogP contribution >= 0.6 is 0 Å². The zero-order valence-electron chi connectivity index (χ0n) is 17.8. The van der Waals surface area contributed by atoms with Gasteiger partial charge in [0.2, 0.25) is 0 Å². The van der Waals surface area contributed by atoms with Crippen molar-refractivity contribution in [1.82, 2.24) is 9.55 Å². The first-order valence-corrected chi connectivity index (χ1v) is 9.54. The van der Waals surface area contributed by atoms with Gasteiger partial charge in [0.05, 0.1) is 19.8 Å². The first-order valence-electron chi connectivity index (χ1n) is 9.54. The van der Waals surface area contributed by atoms with Crippen molar-refractivity contribution in [3.8, 4) is 22.6 Å². The number of nitrogens with zero attached hydrogens (tertiary/aromatic N) is 1. The van der Waals surface area contributed by atoms with Crippen LogP contribution < -0.4 is 15.0 Å². The Hall–Kier alpha value is -2.99.